The smallest absolute Gasteiger partial charge is 0.0714 e. The lowest BCUT2D eigenvalue weighted by Gasteiger charge is -2.21. The molecule has 0 bridgehead atoms. The molecular weight excluding hydrogens is 204 g/mol. The first-order valence-electron chi connectivity index (χ1n) is 5.60. The first-order chi connectivity index (χ1) is 7.83. The number of hydrogen-bond acceptors (Lipinski definition) is 4. The standard InChI is InChI=1S/C12H18N2O2/c1-16-12-5-11(9-15)14(8-12)7-10-3-2-4-13-6-10/h2-4,6,11-12,15H,5,7-9H2,1H3/t11-,12+/m0/s1. The summed E-state index contributed by atoms with van der Waals surface area (Å²) in [4.78, 5) is 6.35. The molecule has 2 atom stereocenters. The van der Waals surface area contributed by atoms with Crippen LogP contribution in [-0.4, -0.2) is 47.4 Å². The molecule has 1 saturated heterocycles. The Labute approximate surface area is 95.9 Å². The number of aromatic nitrogens is 1. The van der Waals surface area contributed by atoms with Gasteiger partial charge in [-0.2, -0.15) is 0 Å². The fourth-order valence-electron chi connectivity index (χ4n) is 2.22. The molecule has 4 heteroatoms. The summed E-state index contributed by atoms with van der Waals surface area (Å²) in [6.07, 6.45) is 4.80. The van der Waals surface area contributed by atoms with E-state index in [0.29, 0.717) is 0 Å². The van der Waals surface area contributed by atoms with Crippen molar-refractivity contribution in [1.29, 1.82) is 0 Å². The summed E-state index contributed by atoms with van der Waals surface area (Å²) in [5.74, 6) is 0. The topological polar surface area (TPSA) is 45.6 Å². The van der Waals surface area contributed by atoms with Crippen molar-refractivity contribution in [1.82, 2.24) is 9.88 Å². The molecule has 1 aliphatic rings. The summed E-state index contributed by atoms with van der Waals surface area (Å²) in [7, 11) is 1.73. The molecule has 1 aromatic heterocycles. The predicted molar refractivity (Wildman–Crippen MR) is 60.9 cm³/mol. The van der Waals surface area contributed by atoms with Crippen molar-refractivity contribution in [2.24, 2.45) is 0 Å². The SMILES string of the molecule is CO[C@@H]1C[C@@H](CO)N(Cc2cccnc2)C1. The molecule has 88 valence electrons. The second-order valence-corrected chi connectivity index (χ2v) is 4.22. The number of nitrogens with zero attached hydrogens (tertiary/aromatic N) is 2. The highest BCUT2D eigenvalue weighted by atomic mass is 16.5. The van der Waals surface area contributed by atoms with E-state index in [2.05, 4.69) is 16.0 Å². The Kier molecular flexibility index (Phi) is 3.88. The summed E-state index contributed by atoms with van der Waals surface area (Å²) in [6, 6.07) is 4.21. The highest BCUT2D eigenvalue weighted by Gasteiger charge is 2.31. The lowest BCUT2D eigenvalue weighted by atomic mass is 10.2. The molecule has 1 aromatic rings. The summed E-state index contributed by atoms with van der Waals surface area (Å²) in [5, 5.41) is 9.31. The van der Waals surface area contributed by atoms with Crippen LogP contribution in [0.5, 0.6) is 0 Å². The number of hydrogen-bond donors (Lipinski definition) is 1. The molecule has 0 spiro atoms. The Morgan fingerprint density at radius 2 is 2.50 bits per heavy atom. The molecule has 1 N–H and O–H groups in total. The van der Waals surface area contributed by atoms with E-state index in [1.807, 2.05) is 12.3 Å². The minimum atomic E-state index is 0.195. The summed E-state index contributed by atoms with van der Waals surface area (Å²) in [5.41, 5.74) is 1.18. The molecule has 0 aliphatic carbocycles. The first kappa shape index (κ1) is 11.5. The molecule has 1 fully saturated rings. The van der Waals surface area contributed by atoms with Gasteiger partial charge >= 0.3 is 0 Å². The van der Waals surface area contributed by atoms with E-state index in [4.69, 9.17) is 4.74 Å². The van der Waals surface area contributed by atoms with Crippen molar-refractivity contribution in [3.05, 3.63) is 30.1 Å². The quantitative estimate of drug-likeness (QED) is 0.813. The maximum Gasteiger partial charge on any atom is 0.0714 e. The Morgan fingerprint density at radius 3 is 3.12 bits per heavy atom. The third-order valence-electron chi connectivity index (χ3n) is 3.14. The Morgan fingerprint density at radius 1 is 1.62 bits per heavy atom. The van der Waals surface area contributed by atoms with Gasteiger partial charge in [-0.3, -0.25) is 9.88 Å². The largest absolute Gasteiger partial charge is 0.395 e. The Hall–Kier alpha value is -0.970. The number of methoxy groups -OCH3 is 1. The molecule has 0 amide bonds. The number of likely N-dealkylation sites (tertiary alicyclic amines) is 1. The summed E-state index contributed by atoms with van der Waals surface area (Å²) >= 11 is 0. The number of aliphatic hydroxyl groups excluding tert-OH is 1. The number of pyridine rings is 1. The van der Waals surface area contributed by atoms with Crippen LogP contribution in [0.15, 0.2) is 24.5 Å². The minimum Gasteiger partial charge on any atom is -0.395 e. The molecule has 0 unspecified atom stereocenters. The van der Waals surface area contributed by atoms with E-state index in [1.54, 1.807) is 13.3 Å². The zero-order valence-corrected chi connectivity index (χ0v) is 9.54. The molecule has 0 aromatic carbocycles. The molecule has 0 saturated carbocycles. The molecule has 16 heavy (non-hydrogen) atoms. The van der Waals surface area contributed by atoms with E-state index in [9.17, 15) is 5.11 Å². The van der Waals surface area contributed by atoms with E-state index in [-0.39, 0.29) is 18.8 Å². The Bertz CT molecular complexity index is 318. The van der Waals surface area contributed by atoms with Gasteiger partial charge in [-0.25, -0.2) is 0 Å². The maximum absolute atomic E-state index is 9.31. The average Bonchev–Trinajstić information content (AvgIpc) is 2.73. The van der Waals surface area contributed by atoms with E-state index >= 15 is 0 Å². The van der Waals surface area contributed by atoms with Crippen molar-refractivity contribution in [3.8, 4) is 0 Å². The third kappa shape index (κ3) is 2.58. The number of aliphatic hydroxyl groups is 1. The summed E-state index contributed by atoms with van der Waals surface area (Å²) < 4.78 is 5.34. The van der Waals surface area contributed by atoms with Gasteiger partial charge in [0.25, 0.3) is 0 Å². The van der Waals surface area contributed by atoms with Crippen LogP contribution in [-0.2, 0) is 11.3 Å². The van der Waals surface area contributed by atoms with Crippen LogP contribution >= 0.6 is 0 Å². The summed E-state index contributed by atoms with van der Waals surface area (Å²) in [6.45, 7) is 1.91. The van der Waals surface area contributed by atoms with Gasteiger partial charge in [0.05, 0.1) is 12.7 Å². The van der Waals surface area contributed by atoms with Gasteiger partial charge in [0.2, 0.25) is 0 Å². The van der Waals surface area contributed by atoms with Crippen LogP contribution < -0.4 is 0 Å². The van der Waals surface area contributed by atoms with Crippen LogP contribution in [0.4, 0.5) is 0 Å². The molecule has 0 radical (unpaired) electrons. The highest BCUT2D eigenvalue weighted by molar-refractivity contribution is 5.09. The first-order valence-corrected chi connectivity index (χ1v) is 5.60. The molecule has 2 heterocycles. The van der Waals surface area contributed by atoms with Crippen LogP contribution in [0, 0.1) is 0 Å². The van der Waals surface area contributed by atoms with Crippen molar-refractivity contribution >= 4 is 0 Å². The lowest BCUT2D eigenvalue weighted by molar-refractivity contribution is 0.107. The van der Waals surface area contributed by atoms with Crippen LogP contribution in [0.25, 0.3) is 0 Å². The van der Waals surface area contributed by atoms with Gasteiger partial charge in [-0.05, 0) is 18.1 Å². The van der Waals surface area contributed by atoms with Crippen LogP contribution in [0.3, 0.4) is 0 Å². The fourth-order valence-corrected chi connectivity index (χ4v) is 2.22. The molecule has 1 aliphatic heterocycles. The van der Waals surface area contributed by atoms with Crippen molar-refractivity contribution in [3.63, 3.8) is 0 Å². The van der Waals surface area contributed by atoms with Gasteiger partial charge in [0, 0.05) is 38.6 Å². The second kappa shape index (κ2) is 5.39. The van der Waals surface area contributed by atoms with E-state index < -0.39 is 0 Å². The molecule has 4 nitrogen and oxygen atoms in total. The predicted octanol–water partition coefficient (Wildman–Crippen LogP) is 0.663. The van der Waals surface area contributed by atoms with Gasteiger partial charge in [-0.15, -0.1) is 0 Å². The minimum absolute atomic E-state index is 0.195. The second-order valence-electron chi connectivity index (χ2n) is 4.22. The fraction of sp³-hybridized carbons (Fsp3) is 0.583. The van der Waals surface area contributed by atoms with Crippen molar-refractivity contribution in [2.75, 3.05) is 20.3 Å². The lowest BCUT2D eigenvalue weighted by Crippen LogP contribution is -2.31. The number of rotatable bonds is 4. The van der Waals surface area contributed by atoms with Gasteiger partial charge < -0.3 is 9.84 Å². The van der Waals surface area contributed by atoms with Gasteiger partial charge in [-0.1, -0.05) is 6.07 Å². The van der Waals surface area contributed by atoms with Crippen LogP contribution in [0.2, 0.25) is 0 Å². The van der Waals surface area contributed by atoms with Crippen LogP contribution in [0.1, 0.15) is 12.0 Å². The average molecular weight is 222 g/mol. The maximum atomic E-state index is 9.31. The number of ether oxygens (including phenoxy) is 1. The van der Waals surface area contributed by atoms with E-state index in [0.717, 1.165) is 19.5 Å². The van der Waals surface area contributed by atoms with E-state index in [1.165, 1.54) is 5.56 Å². The Balaban J connectivity index is 1.98. The normalized spacial score (nSPS) is 26.1. The van der Waals surface area contributed by atoms with Crippen molar-refractivity contribution < 1.29 is 9.84 Å². The van der Waals surface area contributed by atoms with Crippen molar-refractivity contribution in [2.45, 2.75) is 25.1 Å². The molecular formula is C12H18N2O2. The van der Waals surface area contributed by atoms with Gasteiger partial charge in [0.15, 0.2) is 0 Å². The van der Waals surface area contributed by atoms with Gasteiger partial charge in [0.1, 0.15) is 0 Å². The monoisotopic (exact) mass is 222 g/mol. The molecule has 2 rings (SSSR count). The third-order valence-corrected chi connectivity index (χ3v) is 3.14. The highest BCUT2D eigenvalue weighted by Crippen LogP contribution is 2.21. The zero-order chi connectivity index (χ0) is 11.4. The zero-order valence-electron chi connectivity index (χ0n) is 9.54.